The third-order valence-corrected chi connectivity index (χ3v) is 4.51. The van der Waals surface area contributed by atoms with Crippen LogP contribution < -0.4 is 5.32 Å². The molecule has 0 bridgehead atoms. The van der Waals surface area contributed by atoms with Gasteiger partial charge < -0.3 is 10.2 Å². The van der Waals surface area contributed by atoms with E-state index in [0.29, 0.717) is 11.8 Å². The van der Waals surface area contributed by atoms with Gasteiger partial charge in [-0.15, -0.1) is 0 Å². The van der Waals surface area contributed by atoms with Gasteiger partial charge in [-0.05, 0) is 37.8 Å². The lowest BCUT2D eigenvalue weighted by Crippen LogP contribution is -2.54. The molecule has 0 aromatic carbocycles. The van der Waals surface area contributed by atoms with E-state index in [0.717, 1.165) is 45.1 Å². The first-order valence-electron chi connectivity index (χ1n) is 7.82. The highest BCUT2D eigenvalue weighted by atomic mass is 16.2. The number of nitrogens with zero attached hydrogens (tertiary/aromatic N) is 2. The second-order valence-corrected chi connectivity index (χ2v) is 6.55. The Morgan fingerprint density at radius 2 is 1.95 bits per heavy atom. The van der Waals surface area contributed by atoms with Crippen molar-refractivity contribution in [2.24, 2.45) is 11.8 Å². The largest absolute Gasteiger partial charge is 0.339 e. The summed E-state index contributed by atoms with van der Waals surface area (Å²) in [4.78, 5) is 17.0. The molecule has 1 N–H and O–H groups in total. The van der Waals surface area contributed by atoms with Crippen LogP contribution in [0.1, 0.15) is 33.6 Å². The van der Waals surface area contributed by atoms with Crippen LogP contribution in [-0.4, -0.2) is 61.0 Å². The number of carbonyl (C=O) groups is 1. The number of piperazine rings is 1. The molecule has 2 unspecified atom stereocenters. The topological polar surface area (TPSA) is 35.6 Å². The molecule has 0 aliphatic carbocycles. The van der Waals surface area contributed by atoms with E-state index in [9.17, 15) is 4.79 Å². The molecule has 0 aromatic heterocycles. The van der Waals surface area contributed by atoms with Gasteiger partial charge >= 0.3 is 0 Å². The summed E-state index contributed by atoms with van der Waals surface area (Å²) in [7, 11) is 0. The second kappa shape index (κ2) is 6.71. The Labute approximate surface area is 117 Å². The molecular formula is C15H29N3O. The zero-order valence-corrected chi connectivity index (χ0v) is 12.7. The Kier molecular flexibility index (Phi) is 5.22. The van der Waals surface area contributed by atoms with Crippen molar-refractivity contribution in [3.8, 4) is 0 Å². The molecule has 1 amide bonds. The second-order valence-electron chi connectivity index (χ2n) is 6.55. The van der Waals surface area contributed by atoms with Crippen molar-refractivity contribution in [3.05, 3.63) is 0 Å². The molecule has 19 heavy (non-hydrogen) atoms. The lowest BCUT2D eigenvalue weighted by Gasteiger charge is -2.36. The average Bonchev–Trinajstić information content (AvgIpc) is 2.82. The van der Waals surface area contributed by atoms with Crippen LogP contribution in [-0.2, 0) is 4.79 Å². The molecule has 110 valence electrons. The van der Waals surface area contributed by atoms with Crippen molar-refractivity contribution in [1.82, 2.24) is 15.1 Å². The average molecular weight is 267 g/mol. The Morgan fingerprint density at radius 1 is 1.26 bits per heavy atom. The third kappa shape index (κ3) is 3.93. The minimum Gasteiger partial charge on any atom is -0.339 e. The molecule has 0 saturated carbocycles. The minimum absolute atomic E-state index is 0.0715. The summed E-state index contributed by atoms with van der Waals surface area (Å²) in [5.74, 6) is 1.59. The number of rotatable bonds is 4. The zero-order valence-electron chi connectivity index (χ0n) is 12.7. The van der Waals surface area contributed by atoms with Gasteiger partial charge in [-0.2, -0.15) is 0 Å². The van der Waals surface area contributed by atoms with Gasteiger partial charge in [0.2, 0.25) is 5.91 Å². The van der Waals surface area contributed by atoms with Gasteiger partial charge in [-0.25, -0.2) is 0 Å². The lowest BCUT2D eigenvalue weighted by molar-refractivity contribution is -0.135. The van der Waals surface area contributed by atoms with E-state index in [1.807, 2.05) is 0 Å². The highest BCUT2D eigenvalue weighted by Crippen LogP contribution is 2.17. The number of carbonyl (C=O) groups excluding carboxylic acids is 1. The molecule has 4 nitrogen and oxygen atoms in total. The monoisotopic (exact) mass is 267 g/mol. The van der Waals surface area contributed by atoms with E-state index >= 15 is 0 Å². The molecule has 0 aromatic rings. The molecular weight excluding hydrogens is 238 g/mol. The van der Waals surface area contributed by atoms with E-state index in [2.05, 4.69) is 35.9 Å². The van der Waals surface area contributed by atoms with Crippen molar-refractivity contribution in [1.29, 1.82) is 0 Å². The maximum Gasteiger partial charge on any atom is 0.240 e. The quantitative estimate of drug-likeness (QED) is 0.831. The van der Waals surface area contributed by atoms with E-state index < -0.39 is 0 Å². The van der Waals surface area contributed by atoms with Gasteiger partial charge in [-0.3, -0.25) is 9.69 Å². The number of hydrogen-bond acceptors (Lipinski definition) is 3. The predicted molar refractivity (Wildman–Crippen MR) is 78.0 cm³/mol. The van der Waals surface area contributed by atoms with E-state index in [4.69, 9.17) is 0 Å². The summed E-state index contributed by atoms with van der Waals surface area (Å²) in [5.41, 5.74) is 0. The Hall–Kier alpha value is -0.610. The molecule has 2 rings (SSSR count). The fraction of sp³-hybridized carbons (Fsp3) is 0.933. The van der Waals surface area contributed by atoms with Crippen LogP contribution in [0.15, 0.2) is 0 Å². The summed E-state index contributed by atoms with van der Waals surface area (Å²) >= 11 is 0. The summed E-state index contributed by atoms with van der Waals surface area (Å²) in [6.45, 7) is 12.8. The maximum absolute atomic E-state index is 12.4. The fourth-order valence-corrected chi connectivity index (χ4v) is 2.99. The molecule has 2 heterocycles. The van der Waals surface area contributed by atoms with Crippen LogP contribution in [0, 0.1) is 11.8 Å². The van der Waals surface area contributed by atoms with Crippen molar-refractivity contribution >= 4 is 5.91 Å². The fourth-order valence-electron chi connectivity index (χ4n) is 2.99. The Bertz CT molecular complexity index is 298. The molecule has 2 aliphatic rings. The number of amides is 1. The summed E-state index contributed by atoms with van der Waals surface area (Å²) < 4.78 is 0. The van der Waals surface area contributed by atoms with Crippen LogP contribution in [0.25, 0.3) is 0 Å². The normalized spacial score (nSPS) is 29.2. The van der Waals surface area contributed by atoms with Gasteiger partial charge in [0, 0.05) is 26.2 Å². The third-order valence-electron chi connectivity index (χ3n) is 4.51. The predicted octanol–water partition coefficient (Wildman–Crippen LogP) is 1.17. The summed E-state index contributed by atoms with van der Waals surface area (Å²) in [6.07, 6.45) is 2.39. The van der Waals surface area contributed by atoms with Crippen molar-refractivity contribution in [3.63, 3.8) is 0 Å². The minimum atomic E-state index is 0.0715. The van der Waals surface area contributed by atoms with E-state index in [1.54, 1.807) is 0 Å². The summed E-state index contributed by atoms with van der Waals surface area (Å²) in [6, 6.07) is 0.0715. The van der Waals surface area contributed by atoms with Crippen LogP contribution in [0.5, 0.6) is 0 Å². The van der Waals surface area contributed by atoms with Crippen LogP contribution in [0.3, 0.4) is 0 Å². The van der Waals surface area contributed by atoms with Gasteiger partial charge in [0.25, 0.3) is 0 Å². The van der Waals surface area contributed by atoms with Gasteiger partial charge in [-0.1, -0.05) is 20.8 Å². The first-order valence-corrected chi connectivity index (χ1v) is 7.82. The number of nitrogens with one attached hydrogen (secondary N) is 1. The molecule has 0 radical (unpaired) electrons. The molecule has 0 spiro atoms. The van der Waals surface area contributed by atoms with Crippen molar-refractivity contribution in [2.45, 2.75) is 39.7 Å². The zero-order chi connectivity index (χ0) is 13.8. The molecule has 2 aliphatic heterocycles. The van der Waals surface area contributed by atoms with E-state index in [1.165, 1.54) is 13.0 Å². The van der Waals surface area contributed by atoms with Crippen LogP contribution >= 0.6 is 0 Å². The SMILES string of the molecule is CC(C)CCN1CCN(C(=O)C2NCCC2C)CC1. The Balaban J connectivity index is 1.75. The standard InChI is InChI=1S/C15H29N3O/c1-12(2)5-7-17-8-10-18(11-9-17)15(19)14-13(3)4-6-16-14/h12-14,16H,4-11H2,1-3H3. The number of hydrogen-bond donors (Lipinski definition) is 1. The molecule has 2 atom stereocenters. The van der Waals surface area contributed by atoms with Crippen molar-refractivity contribution in [2.75, 3.05) is 39.3 Å². The molecule has 4 heteroatoms. The van der Waals surface area contributed by atoms with Crippen LogP contribution in [0.4, 0.5) is 0 Å². The van der Waals surface area contributed by atoms with Gasteiger partial charge in [0.1, 0.15) is 0 Å². The Morgan fingerprint density at radius 3 is 2.47 bits per heavy atom. The van der Waals surface area contributed by atoms with Gasteiger partial charge in [0.05, 0.1) is 6.04 Å². The van der Waals surface area contributed by atoms with Gasteiger partial charge in [0.15, 0.2) is 0 Å². The first-order chi connectivity index (χ1) is 9.08. The molecule has 2 saturated heterocycles. The first kappa shape index (κ1) is 14.8. The van der Waals surface area contributed by atoms with E-state index in [-0.39, 0.29) is 6.04 Å². The summed E-state index contributed by atoms with van der Waals surface area (Å²) in [5, 5.41) is 3.35. The maximum atomic E-state index is 12.4. The van der Waals surface area contributed by atoms with Crippen LogP contribution in [0.2, 0.25) is 0 Å². The highest BCUT2D eigenvalue weighted by Gasteiger charge is 2.33. The van der Waals surface area contributed by atoms with Crippen molar-refractivity contribution < 1.29 is 4.79 Å². The smallest absolute Gasteiger partial charge is 0.240 e. The molecule has 2 fully saturated rings. The highest BCUT2D eigenvalue weighted by molar-refractivity contribution is 5.82. The lowest BCUT2D eigenvalue weighted by atomic mass is 10.0.